The highest BCUT2D eigenvalue weighted by molar-refractivity contribution is 5.69. The van der Waals surface area contributed by atoms with Crippen LogP contribution in [0.15, 0.2) is 24.3 Å². The number of aliphatic hydroxyl groups excluding tert-OH is 1. The van der Waals surface area contributed by atoms with E-state index in [4.69, 9.17) is 9.84 Å². The van der Waals surface area contributed by atoms with E-state index in [9.17, 15) is 14.9 Å². The maximum atomic E-state index is 12.0. The van der Waals surface area contributed by atoms with Gasteiger partial charge in [-0.2, -0.15) is 0 Å². The van der Waals surface area contributed by atoms with E-state index in [-0.39, 0.29) is 16.7 Å². The summed E-state index contributed by atoms with van der Waals surface area (Å²) in [6.07, 6.45) is -0.238. The third kappa shape index (κ3) is 7.14. The average molecular weight is 425 g/mol. The SMILES string of the molecule is CC.CC(C)(C)OC(=O)N1CC(N2CCN(c3ccc([N+](=O)[O-])cc3)CC2)C1.CO. The Kier molecular flexibility index (Phi) is 10.0. The van der Waals surface area contributed by atoms with E-state index in [0.717, 1.165) is 39.0 Å². The molecule has 1 N–H and O–H groups in total. The van der Waals surface area contributed by atoms with Crippen LogP contribution in [0.1, 0.15) is 34.6 Å². The van der Waals surface area contributed by atoms with Crippen LogP contribution in [0.2, 0.25) is 0 Å². The molecule has 0 saturated carbocycles. The summed E-state index contributed by atoms with van der Waals surface area (Å²) in [5.74, 6) is 0. The largest absolute Gasteiger partial charge is 0.444 e. The Morgan fingerprint density at radius 1 is 1.07 bits per heavy atom. The zero-order valence-corrected chi connectivity index (χ0v) is 19.0. The fourth-order valence-corrected chi connectivity index (χ4v) is 3.29. The van der Waals surface area contributed by atoms with Gasteiger partial charge in [-0.1, -0.05) is 13.8 Å². The number of carbonyl (C=O) groups is 1. The van der Waals surface area contributed by atoms with Crippen molar-refractivity contribution >= 4 is 17.5 Å². The maximum absolute atomic E-state index is 12.0. The number of hydrogen-bond donors (Lipinski definition) is 1. The maximum Gasteiger partial charge on any atom is 0.410 e. The molecule has 0 aromatic heterocycles. The number of piperazine rings is 1. The van der Waals surface area contributed by atoms with E-state index < -0.39 is 5.60 Å². The number of rotatable bonds is 3. The molecule has 2 saturated heterocycles. The van der Waals surface area contributed by atoms with Gasteiger partial charge in [-0.05, 0) is 32.9 Å². The van der Waals surface area contributed by atoms with Crippen LogP contribution >= 0.6 is 0 Å². The van der Waals surface area contributed by atoms with Gasteiger partial charge in [0.15, 0.2) is 0 Å². The van der Waals surface area contributed by atoms with Crippen molar-refractivity contribution in [2.24, 2.45) is 0 Å². The van der Waals surface area contributed by atoms with Gasteiger partial charge in [0.05, 0.1) is 4.92 Å². The molecule has 3 rings (SSSR count). The minimum Gasteiger partial charge on any atom is -0.444 e. The second kappa shape index (κ2) is 11.7. The number of anilines is 1. The Hall–Kier alpha value is -2.39. The average Bonchev–Trinajstić information content (AvgIpc) is 2.69. The fraction of sp³-hybridized carbons (Fsp3) is 0.667. The van der Waals surface area contributed by atoms with Crippen LogP contribution in [0.5, 0.6) is 0 Å². The molecule has 1 amide bonds. The summed E-state index contributed by atoms with van der Waals surface area (Å²) in [5, 5.41) is 17.7. The highest BCUT2D eigenvalue weighted by Crippen LogP contribution is 2.24. The van der Waals surface area contributed by atoms with Gasteiger partial charge in [-0.3, -0.25) is 15.0 Å². The number of hydrogen-bond acceptors (Lipinski definition) is 7. The Morgan fingerprint density at radius 2 is 1.57 bits per heavy atom. The molecule has 30 heavy (non-hydrogen) atoms. The van der Waals surface area contributed by atoms with Crippen LogP contribution in [-0.2, 0) is 4.74 Å². The number of amides is 1. The smallest absolute Gasteiger partial charge is 0.410 e. The molecule has 0 aliphatic carbocycles. The fourth-order valence-electron chi connectivity index (χ4n) is 3.29. The first kappa shape index (κ1) is 25.6. The van der Waals surface area contributed by atoms with Gasteiger partial charge < -0.3 is 19.6 Å². The number of nitro benzene ring substituents is 1. The Morgan fingerprint density at radius 3 is 2.00 bits per heavy atom. The lowest BCUT2D eigenvalue weighted by Gasteiger charge is -2.48. The number of nitrogens with zero attached hydrogens (tertiary/aromatic N) is 4. The molecule has 9 heteroatoms. The normalized spacial score (nSPS) is 17.0. The van der Waals surface area contributed by atoms with Crippen LogP contribution in [0, 0.1) is 10.1 Å². The van der Waals surface area contributed by atoms with Gasteiger partial charge in [0, 0.05) is 70.2 Å². The Bertz CT molecular complexity index is 661. The number of likely N-dealkylation sites (tertiary alicyclic amines) is 1. The van der Waals surface area contributed by atoms with E-state index in [1.165, 1.54) is 0 Å². The van der Waals surface area contributed by atoms with Crippen molar-refractivity contribution in [1.82, 2.24) is 9.80 Å². The lowest BCUT2D eigenvalue weighted by atomic mass is 10.1. The molecule has 170 valence electrons. The lowest BCUT2D eigenvalue weighted by Crippen LogP contribution is -2.64. The van der Waals surface area contributed by atoms with Crippen molar-refractivity contribution in [2.75, 3.05) is 51.3 Å². The van der Waals surface area contributed by atoms with E-state index >= 15 is 0 Å². The quantitative estimate of drug-likeness (QED) is 0.588. The topological polar surface area (TPSA) is 99.4 Å². The van der Waals surface area contributed by atoms with Crippen molar-refractivity contribution in [2.45, 2.75) is 46.3 Å². The first-order valence-electron chi connectivity index (χ1n) is 10.4. The van der Waals surface area contributed by atoms with Gasteiger partial charge in [-0.25, -0.2) is 4.79 Å². The Labute approximate surface area is 179 Å². The van der Waals surface area contributed by atoms with E-state index in [1.807, 2.05) is 34.6 Å². The summed E-state index contributed by atoms with van der Waals surface area (Å²) in [6.45, 7) is 14.6. The molecular weight excluding hydrogens is 388 g/mol. The zero-order valence-electron chi connectivity index (χ0n) is 19.0. The standard InChI is InChI=1S/C18H26N4O4.C2H6.CH4O/c1-18(2,3)26-17(23)21-12-16(13-21)20-10-8-19(9-11-20)14-4-6-15(7-5-14)22(24)25;2*1-2/h4-7,16H,8-13H2,1-3H3;1-2H3;2H,1H3. The monoisotopic (exact) mass is 424 g/mol. The van der Waals surface area contributed by atoms with Gasteiger partial charge in [0.25, 0.3) is 5.69 Å². The molecule has 9 nitrogen and oxygen atoms in total. The molecule has 1 aromatic carbocycles. The van der Waals surface area contributed by atoms with Crippen LogP contribution in [0.3, 0.4) is 0 Å². The van der Waals surface area contributed by atoms with Crippen LogP contribution in [0.4, 0.5) is 16.2 Å². The second-order valence-corrected chi connectivity index (χ2v) is 7.84. The zero-order chi connectivity index (χ0) is 22.9. The predicted molar refractivity (Wildman–Crippen MR) is 118 cm³/mol. The Balaban J connectivity index is 0.00000106. The number of benzene rings is 1. The number of non-ortho nitro benzene ring substituents is 1. The van der Waals surface area contributed by atoms with Gasteiger partial charge in [0.1, 0.15) is 5.60 Å². The molecule has 2 fully saturated rings. The molecule has 1 aromatic rings. The second-order valence-electron chi connectivity index (χ2n) is 7.84. The third-order valence-electron chi connectivity index (χ3n) is 4.77. The van der Waals surface area contributed by atoms with Crippen LogP contribution in [-0.4, -0.2) is 83.9 Å². The third-order valence-corrected chi connectivity index (χ3v) is 4.77. The molecule has 0 unspecified atom stereocenters. The van der Waals surface area contributed by atoms with Crippen molar-refractivity contribution in [1.29, 1.82) is 0 Å². The summed E-state index contributed by atoms with van der Waals surface area (Å²) < 4.78 is 5.39. The lowest BCUT2D eigenvalue weighted by molar-refractivity contribution is -0.384. The minimum absolute atomic E-state index is 0.115. The minimum atomic E-state index is -0.460. The molecule has 2 aliphatic heterocycles. The summed E-state index contributed by atoms with van der Waals surface area (Å²) >= 11 is 0. The number of ether oxygens (including phenoxy) is 1. The molecule has 0 radical (unpaired) electrons. The van der Waals surface area contributed by atoms with Crippen LogP contribution in [0.25, 0.3) is 0 Å². The molecule has 0 bridgehead atoms. The molecule has 2 heterocycles. The van der Waals surface area contributed by atoms with Gasteiger partial charge in [0.2, 0.25) is 0 Å². The van der Waals surface area contributed by atoms with E-state index in [1.54, 1.807) is 29.2 Å². The number of aliphatic hydroxyl groups is 1. The van der Waals surface area contributed by atoms with Gasteiger partial charge in [-0.15, -0.1) is 0 Å². The van der Waals surface area contributed by atoms with Crippen molar-refractivity contribution < 1.29 is 19.6 Å². The van der Waals surface area contributed by atoms with E-state index in [2.05, 4.69) is 9.80 Å². The summed E-state index contributed by atoms with van der Waals surface area (Å²) in [7, 11) is 1.00. The molecule has 0 spiro atoms. The first-order valence-corrected chi connectivity index (χ1v) is 10.4. The number of carbonyl (C=O) groups excluding carboxylic acids is 1. The molecule has 2 aliphatic rings. The summed E-state index contributed by atoms with van der Waals surface area (Å²) in [6, 6.07) is 7.10. The summed E-state index contributed by atoms with van der Waals surface area (Å²) in [5.41, 5.74) is 0.668. The van der Waals surface area contributed by atoms with Crippen LogP contribution < -0.4 is 4.90 Å². The van der Waals surface area contributed by atoms with Crippen molar-refractivity contribution in [3.63, 3.8) is 0 Å². The predicted octanol–water partition coefficient (Wildman–Crippen LogP) is 2.97. The molecule has 0 atom stereocenters. The highest BCUT2D eigenvalue weighted by Gasteiger charge is 2.38. The summed E-state index contributed by atoms with van der Waals surface area (Å²) in [4.78, 5) is 28.8. The number of nitro groups is 1. The van der Waals surface area contributed by atoms with Gasteiger partial charge >= 0.3 is 6.09 Å². The highest BCUT2D eigenvalue weighted by atomic mass is 16.6. The first-order chi connectivity index (χ1) is 14.2. The van der Waals surface area contributed by atoms with E-state index in [0.29, 0.717) is 19.1 Å². The van der Waals surface area contributed by atoms with Crippen molar-refractivity contribution in [3.05, 3.63) is 34.4 Å². The van der Waals surface area contributed by atoms with Crippen molar-refractivity contribution in [3.8, 4) is 0 Å². The molecular formula is C21H36N4O5.